The summed E-state index contributed by atoms with van der Waals surface area (Å²) in [5, 5.41) is 21.6. The Bertz CT molecular complexity index is 506. The van der Waals surface area contributed by atoms with Crippen LogP contribution in [0.25, 0.3) is 0 Å². The number of nitro groups is 1. The summed E-state index contributed by atoms with van der Waals surface area (Å²) in [5.74, 6) is 0.275. The van der Waals surface area contributed by atoms with Gasteiger partial charge in [0.15, 0.2) is 5.75 Å². The predicted molar refractivity (Wildman–Crippen MR) is 80.9 cm³/mol. The Kier molecular flexibility index (Phi) is 5.01. The number of hydrogen-bond donors (Lipinski definition) is 1. The largest absolute Gasteiger partial charge is 0.487 e. The van der Waals surface area contributed by atoms with Crippen LogP contribution < -0.4 is 9.64 Å². The van der Waals surface area contributed by atoms with Gasteiger partial charge in [0.1, 0.15) is 5.69 Å². The first-order valence-corrected chi connectivity index (χ1v) is 7.37. The SMILES string of the molecule is CCOc1cccc(N(C)C2CCCCC2O)c1[N+](=O)[O-]. The number of likely N-dealkylation sites (N-methyl/N-ethyl adjacent to an activating group) is 1. The Morgan fingerprint density at radius 2 is 2.14 bits per heavy atom. The second-order valence-corrected chi connectivity index (χ2v) is 5.34. The smallest absolute Gasteiger partial charge is 0.333 e. The number of hydrogen-bond acceptors (Lipinski definition) is 5. The van der Waals surface area contributed by atoms with E-state index in [0.29, 0.717) is 12.3 Å². The molecule has 1 aliphatic rings. The minimum Gasteiger partial charge on any atom is -0.487 e. The van der Waals surface area contributed by atoms with Gasteiger partial charge in [-0.15, -0.1) is 0 Å². The molecule has 0 radical (unpaired) electrons. The van der Waals surface area contributed by atoms with Gasteiger partial charge in [-0.1, -0.05) is 18.9 Å². The Hall–Kier alpha value is -1.82. The molecule has 0 spiro atoms. The third-order valence-electron chi connectivity index (χ3n) is 4.03. The molecule has 1 fully saturated rings. The fraction of sp³-hybridized carbons (Fsp3) is 0.600. The second kappa shape index (κ2) is 6.76. The van der Waals surface area contributed by atoms with Crippen LogP contribution in [0.4, 0.5) is 11.4 Å². The molecule has 1 aromatic carbocycles. The van der Waals surface area contributed by atoms with E-state index in [4.69, 9.17) is 4.74 Å². The Morgan fingerprint density at radius 3 is 2.76 bits per heavy atom. The van der Waals surface area contributed by atoms with Gasteiger partial charge in [0, 0.05) is 7.05 Å². The van der Waals surface area contributed by atoms with Crippen LogP contribution in [0.5, 0.6) is 5.75 Å². The Labute approximate surface area is 124 Å². The molecule has 0 aromatic heterocycles. The Morgan fingerprint density at radius 1 is 1.43 bits per heavy atom. The van der Waals surface area contributed by atoms with Crippen LogP contribution in [0.2, 0.25) is 0 Å². The molecule has 6 nitrogen and oxygen atoms in total. The van der Waals surface area contributed by atoms with Crippen molar-refractivity contribution in [2.75, 3.05) is 18.6 Å². The van der Waals surface area contributed by atoms with Crippen LogP contribution in [0.1, 0.15) is 32.6 Å². The molecule has 2 unspecified atom stereocenters. The molecular weight excluding hydrogens is 272 g/mol. The monoisotopic (exact) mass is 294 g/mol. The van der Waals surface area contributed by atoms with Crippen molar-refractivity contribution in [2.24, 2.45) is 0 Å². The topological polar surface area (TPSA) is 75.8 Å². The third-order valence-corrected chi connectivity index (χ3v) is 4.03. The van der Waals surface area contributed by atoms with Crippen LogP contribution in [-0.4, -0.2) is 35.8 Å². The molecule has 2 atom stereocenters. The maximum atomic E-state index is 11.4. The molecule has 2 rings (SSSR count). The van der Waals surface area contributed by atoms with Crippen molar-refractivity contribution in [3.63, 3.8) is 0 Å². The van der Waals surface area contributed by atoms with Gasteiger partial charge in [-0.3, -0.25) is 10.1 Å². The molecular formula is C15H22N2O4. The highest BCUT2D eigenvalue weighted by Crippen LogP contribution is 2.39. The zero-order chi connectivity index (χ0) is 15.4. The molecule has 0 heterocycles. The normalized spacial score (nSPS) is 21.9. The zero-order valence-corrected chi connectivity index (χ0v) is 12.5. The van der Waals surface area contributed by atoms with E-state index in [0.717, 1.165) is 25.7 Å². The summed E-state index contributed by atoms with van der Waals surface area (Å²) in [7, 11) is 1.80. The molecule has 1 aromatic rings. The van der Waals surface area contributed by atoms with E-state index < -0.39 is 11.0 Å². The van der Waals surface area contributed by atoms with Crippen LogP contribution in [0.15, 0.2) is 18.2 Å². The number of benzene rings is 1. The molecule has 0 aliphatic heterocycles. The molecule has 0 amide bonds. The summed E-state index contributed by atoms with van der Waals surface area (Å²) in [5.41, 5.74) is 0.469. The summed E-state index contributed by atoms with van der Waals surface area (Å²) < 4.78 is 5.37. The lowest BCUT2D eigenvalue weighted by atomic mass is 9.91. The standard InChI is InChI=1S/C15H22N2O4/c1-3-21-14-10-6-8-12(15(14)17(19)20)16(2)11-7-4-5-9-13(11)18/h6,8,10-11,13,18H,3-5,7,9H2,1-2H3. The lowest BCUT2D eigenvalue weighted by molar-refractivity contribution is -0.385. The van der Waals surface area contributed by atoms with Crippen LogP contribution >= 0.6 is 0 Å². The van der Waals surface area contributed by atoms with Gasteiger partial charge in [-0.2, -0.15) is 0 Å². The fourth-order valence-electron chi connectivity index (χ4n) is 2.97. The highest BCUT2D eigenvalue weighted by molar-refractivity contribution is 5.70. The van der Waals surface area contributed by atoms with Crippen molar-refractivity contribution < 1.29 is 14.8 Å². The van der Waals surface area contributed by atoms with Crippen molar-refractivity contribution in [3.8, 4) is 5.75 Å². The number of rotatable bonds is 5. The number of nitro benzene ring substituents is 1. The highest BCUT2D eigenvalue weighted by Gasteiger charge is 2.31. The summed E-state index contributed by atoms with van der Waals surface area (Å²) in [6.07, 6.45) is 3.18. The van der Waals surface area contributed by atoms with Gasteiger partial charge >= 0.3 is 5.69 Å². The average Bonchev–Trinajstić information content (AvgIpc) is 2.47. The maximum Gasteiger partial charge on any atom is 0.333 e. The van der Waals surface area contributed by atoms with Crippen LogP contribution in [-0.2, 0) is 0 Å². The Balaban J connectivity index is 2.37. The van der Waals surface area contributed by atoms with Gasteiger partial charge in [0.2, 0.25) is 0 Å². The van der Waals surface area contributed by atoms with E-state index in [1.165, 1.54) is 0 Å². The third kappa shape index (κ3) is 3.26. The van der Waals surface area contributed by atoms with Crippen molar-refractivity contribution in [3.05, 3.63) is 28.3 Å². The predicted octanol–water partition coefficient (Wildman–Crippen LogP) is 2.73. The number of nitrogens with zero attached hydrogens (tertiary/aromatic N) is 2. The molecule has 1 aliphatic carbocycles. The number of aliphatic hydroxyl groups excluding tert-OH is 1. The van der Waals surface area contributed by atoms with E-state index in [1.54, 1.807) is 32.2 Å². The first kappa shape index (κ1) is 15.6. The zero-order valence-electron chi connectivity index (χ0n) is 12.5. The molecule has 116 valence electrons. The van der Waals surface area contributed by atoms with E-state index in [1.807, 2.05) is 4.90 Å². The minimum atomic E-state index is -0.445. The van der Waals surface area contributed by atoms with Crippen LogP contribution in [0, 0.1) is 10.1 Å². The summed E-state index contributed by atoms with van der Waals surface area (Å²) in [6, 6.07) is 4.98. The van der Waals surface area contributed by atoms with E-state index in [2.05, 4.69) is 0 Å². The first-order chi connectivity index (χ1) is 10.1. The van der Waals surface area contributed by atoms with E-state index >= 15 is 0 Å². The number of ether oxygens (including phenoxy) is 1. The minimum absolute atomic E-state index is 0.0281. The average molecular weight is 294 g/mol. The van der Waals surface area contributed by atoms with Crippen molar-refractivity contribution in [2.45, 2.75) is 44.8 Å². The van der Waals surface area contributed by atoms with Crippen molar-refractivity contribution in [1.82, 2.24) is 0 Å². The maximum absolute atomic E-state index is 11.4. The second-order valence-electron chi connectivity index (χ2n) is 5.34. The quantitative estimate of drug-likeness (QED) is 0.667. The lowest BCUT2D eigenvalue weighted by Crippen LogP contribution is -2.43. The molecule has 21 heavy (non-hydrogen) atoms. The van der Waals surface area contributed by atoms with Gasteiger partial charge < -0.3 is 14.7 Å². The van der Waals surface area contributed by atoms with Gasteiger partial charge in [-0.25, -0.2) is 0 Å². The van der Waals surface area contributed by atoms with E-state index in [-0.39, 0.29) is 17.5 Å². The molecule has 6 heteroatoms. The van der Waals surface area contributed by atoms with Gasteiger partial charge in [0.05, 0.1) is 23.7 Å². The fourth-order valence-corrected chi connectivity index (χ4v) is 2.97. The van der Waals surface area contributed by atoms with Crippen molar-refractivity contribution in [1.29, 1.82) is 0 Å². The van der Waals surface area contributed by atoms with E-state index in [9.17, 15) is 15.2 Å². The van der Waals surface area contributed by atoms with Gasteiger partial charge in [-0.05, 0) is 31.9 Å². The van der Waals surface area contributed by atoms with Gasteiger partial charge in [0.25, 0.3) is 0 Å². The molecule has 1 saturated carbocycles. The summed E-state index contributed by atoms with van der Waals surface area (Å²) in [4.78, 5) is 12.8. The van der Waals surface area contributed by atoms with Crippen LogP contribution in [0.3, 0.4) is 0 Å². The highest BCUT2D eigenvalue weighted by atomic mass is 16.6. The number of aliphatic hydroxyl groups is 1. The first-order valence-electron chi connectivity index (χ1n) is 7.37. The molecule has 0 bridgehead atoms. The summed E-state index contributed by atoms with van der Waals surface area (Å²) >= 11 is 0. The molecule has 1 N–H and O–H groups in total. The number of para-hydroxylation sites is 1. The molecule has 0 saturated heterocycles. The number of anilines is 1. The summed E-state index contributed by atoms with van der Waals surface area (Å²) in [6.45, 7) is 2.17. The van der Waals surface area contributed by atoms with Crippen molar-refractivity contribution >= 4 is 11.4 Å². The lowest BCUT2D eigenvalue weighted by Gasteiger charge is -2.36.